The number of hydrogen-bond donors (Lipinski definition) is 1. The van der Waals surface area contributed by atoms with Crippen molar-refractivity contribution in [2.24, 2.45) is 7.05 Å². The zero-order chi connectivity index (χ0) is 15.5. The molecular formula is C17H18N4. The first kappa shape index (κ1) is 14.7. The van der Waals surface area contributed by atoms with Gasteiger partial charge < -0.3 is 9.88 Å². The molecule has 1 aromatic heterocycles. The Hall–Kier alpha value is -2.72. The molecule has 0 aliphatic carbocycles. The van der Waals surface area contributed by atoms with Gasteiger partial charge in [-0.25, -0.2) is 0 Å². The first-order valence-electron chi connectivity index (χ1n) is 6.77. The lowest BCUT2D eigenvalue weighted by Crippen LogP contribution is -2.13. The second-order valence-electron chi connectivity index (χ2n) is 5.62. The minimum Gasteiger partial charge on any atom is -0.381 e. The fourth-order valence-corrected chi connectivity index (χ4v) is 2.11. The lowest BCUT2D eigenvalue weighted by Gasteiger charge is -2.16. The predicted octanol–water partition coefficient (Wildman–Crippen LogP) is 3.31. The van der Waals surface area contributed by atoms with Crippen LogP contribution in [-0.4, -0.2) is 4.57 Å². The van der Waals surface area contributed by atoms with Crippen LogP contribution in [0.1, 0.15) is 30.7 Å². The molecule has 1 heterocycles. The maximum absolute atomic E-state index is 9.13. The largest absolute Gasteiger partial charge is 0.381 e. The first-order valence-corrected chi connectivity index (χ1v) is 6.77. The SMILES string of the molecule is Cn1cc(CNc2ccc(C(C)(C)C#N)cc2)cc1C#N. The average molecular weight is 278 g/mol. The van der Waals surface area contributed by atoms with Gasteiger partial charge in [-0.1, -0.05) is 12.1 Å². The molecule has 0 aliphatic rings. The summed E-state index contributed by atoms with van der Waals surface area (Å²) in [4.78, 5) is 0. The van der Waals surface area contributed by atoms with Crippen LogP contribution in [0.2, 0.25) is 0 Å². The number of nitrogens with zero attached hydrogens (tertiary/aromatic N) is 3. The maximum Gasteiger partial charge on any atom is 0.120 e. The molecule has 0 amide bonds. The number of hydrogen-bond acceptors (Lipinski definition) is 3. The standard InChI is InChI=1S/C17H18N4/c1-17(2,12-19)14-4-6-15(7-5-14)20-10-13-8-16(9-18)21(3)11-13/h4-8,11,20H,10H2,1-3H3. The van der Waals surface area contributed by atoms with Gasteiger partial charge in [0.25, 0.3) is 0 Å². The van der Waals surface area contributed by atoms with Crippen LogP contribution in [0.25, 0.3) is 0 Å². The van der Waals surface area contributed by atoms with Gasteiger partial charge in [-0.15, -0.1) is 0 Å². The topological polar surface area (TPSA) is 64.5 Å². The zero-order valence-corrected chi connectivity index (χ0v) is 12.5. The molecule has 0 fully saturated rings. The predicted molar refractivity (Wildman–Crippen MR) is 82.5 cm³/mol. The van der Waals surface area contributed by atoms with E-state index >= 15 is 0 Å². The number of aromatic nitrogens is 1. The number of rotatable bonds is 4. The van der Waals surface area contributed by atoms with Crippen molar-refractivity contribution in [2.75, 3.05) is 5.32 Å². The molecule has 1 N–H and O–H groups in total. The number of nitrogens with one attached hydrogen (secondary N) is 1. The van der Waals surface area contributed by atoms with Gasteiger partial charge >= 0.3 is 0 Å². The Morgan fingerprint density at radius 2 is 1.86 bits per heavy atom. The quantitative estimate of drug-likeness (QED) is 0.933. The normalized spacial score (nSPS) is 10.7. The monoisotopic (exact) mass is 278 g/mol. The third-order valence-corrected chi connectivity index (χ3v) is 3.56. The highest BCUT2D eigenvalue weighted by Gasteiger charge is 2.18. The summed E-state index contributed by atoms with van der Waals surface area (Å²) in [5.74, 6) is 0. The van der Waals surface area contributed by atoms with E-state index in [0.717, 1.165) is 16.8 Å². The van der Waals surface area contributed by atoms with Crippen molar-refractivity contribution >= 4 is 5.69 Å². The maximum atomic E-state index is 9.13. The summed E-state index contributed by atoms with van der Waals surface area (Å²) in [6.07, 6.45) is 1.94. The van der Waals surface area contributed by atoms with Gasteiger partial charge in [-0.2, -0.15) is 10.5 Å². The van der Waals surface area contributed by atoms with Crippen molar-refractivity contribution in [1.82, 2.24) is 4.57 Å². The Morgan fingerprint density at radius 3 is 2.38 bits per heavy atom. The summed E-state index contributed by atoms with van der Waals surface area (Å²) < 4.78 is 1.82. The van der Waals surface area contributed by atoms with E-state index in [0.29, 0.717) is 12.2 Å². The first-order chi connectivity index (χ1) is 9.96. The summed E-state index contributed by atoms with van der Waals surface area (Å²) in [5, 5.41) is 21.4. The zero-order valence-electron chi connectivity index (χ0n) is 12.5. The molecule has 0 spiro atoms. The molecule has 0 saturated carbocycles. The van der Waals surface area contributed by atoms with E-state index in [-0.39, 0.29) is 0 Å². The summed E-state index contributed by atoms with van der Waals surface area (Å²) >= 11 is 0. The van der Waals surface area contributed by atoms with E-state index in [9.17, 15) is 0 Å². The third kappa shape index (κ3) is 3.24. The molecule has 2 aromatic rings. The van der Waals surface area contributed by atoms with Crippen molar-refractivity contribution in [3.05, 3.63) is 53.3 Å². The van der Waals surface area contributed by atoms with Gasteiger partial charge in [-0.05, 0) is 43.2 Å². The summed E-state index contributed by atoms with van der Waals surface area (Å²) in [6.45, 7) is 4.47. The Kier molecular flexibility index (Phi) is 4.00. The average Bonchev–Trinajstić information content (AvgIpc) is 2.86. The van der Waals surface area contributed by atoms with Crippen LogP contribution in [0, 0.1) is 22.7 Å². The molecule has 0 radical (unpaired) electrons. The van der Waals surface area contributed by atoms with Crippen LogP contribution >= 0.6 is 0 Å². The molecule has 0 unspecified atom stereocenters. The van der Waals surface area contributed by atoms with Crippen molar-refractivity contribution in [1.29, 1.82) is 10.5 Å². The number of benzene rings is 1. The minimum atomic E-state index is -0.473. The van der Waals surface area contributed by atoms with E-state index in [4.69, 9.17) is 10.5 Å². The number of nitriles is 2. The van der Waals surface area contributed by atoms with E-state index in [2.05, 4.69) is 17.5 Å². The van der Waals surface area contributed by atoms with Crippen LogP contribution in [0.5, 0.6) is 0 Å². The van der Waals surface area contributed by atoms with Crippen LogP contribution in [0.3, 0.4) is 0 Å². The van der Waals surface area contributed by atoms with Crippen LogP contribution in [0.15, 0.2) is 36.5 Å². The van der Waals surface area contributed by atoms with Gasteiger partial charge in [0, 0.05) is 25.5 Å². The Balaban J connectivity index is 2.04. The molecule has 4 heteroatoms. The lowest BCUT2D eigenvalue weighted by molar-refractivity contribution is 0.687. The molecular weight excluding hydrogens is 260 g/mol. The van der Waals surface area contributed by atoms with Crippen molar-refractivity contribution in [3.8, 4) is 12.1 Å². The summed E-state index contributed by atoms with van der Waals surface area (Å²) in [7, 11) is 1.86. The second kappa shape index (κ2) is 5.73. The highest BCUT2D eigenvalue weighted by molar-refractivity contribution is 5.47. The fraction of sp³-hybridized carbons (Fsp3) is 0.294. The molecule has 106 valence electrons. The number of anilines is 1. The summed E-state index contributed by atoms with van der Waals surface area (Å²) in [6, 6.07) is 14.2. The Bertz CT molecular complexity index is 709. The van der Waals surface area contributed by atoms with Gasteiger partial charge in [-0.3, -0.25) is 0 Å². The van der Waals surface area contributed by atoms with E-state index in [1.807, 2.05) is 62.0 Å². The molecule has 1 aromatic carbocycles. The number of aryl methyl sites for hydroxylation is 1. The van der Waals surface area contributed by atoms with Gasteiger partial charge in [0.15, 0.2) is 0 Å². The molecule has 2 rings (SSSR count). The minimum absolute atomic E-state index is 0.473. The molecule has 0 bridgehead atoms. The lowest BCUT2D eigenvalue weighted by atomic mass is 9.86. The molecule has 0 atom stereocenters. The molecule has 21 heavy (non-hydrogen) atoms. The van der Waals surface area contributed by atoms with Crippen molar-refractivity contribution in [2.45, 2.75) is 25.8 Å². The second-order valence-corrected chi connectivity index (χ2v) is 5.62. The molecule has 4 nitrogen and oxygen atoms in total. The van der Waals surface area contributed by atoms with Crippen LogP contribution < -0.4 is 5.32 Å². The van der Waals surface area contributed by atoms with Gasteiger partial charge in [0.2, 0.25) is 0 Å². The van der Waals surface area contributed by atoms with E-state index in [1.165, 1.54) is 0 Å². The fourth-order valence-electron chi connectivity index (χ4n) is 2.11. The van der Waals surface area contributed by atoms with Gasteiger partial charge in [0.1, 0.15) is 11.8 Å². The van der Waals surface area contributed by atoms with Crippen LogP contribution in [0.4, 0.5) is 5.69 Å². The van der Waals surface area contributed by atoms with Gasteiger partial charge in [0.05, 0.1) is 11.5 Å². The highest BCUT2D eigenvalue weighted by atomic mass is 14.9. The van der Waals surface area contributed by atoms with Crippen molar-refractivity contribution in [3.63, 3.8) is 0 Å². The smallest absolute Gasteiger partial charge is 0.120 e. The van der Waals surface area contributed by atoms with Crippen LogP contribution in [-0.2, 0) is 19.0 Å². The Morgan fingerprint density at radius 1 is 1.19 bits per heavy atom. The Labute approximate surface area is 125 Å². The highest BCUT2D eigenvalue weighted by Crippen LogP contribution is 2.23. The van der Waals surface area contributed by atoms with E-state index in [1.54, 1.807) is 0 Å². The molecule has 0 aliphatic heterocycles. The van der Waals surface area contributed by atoms with E-state index < -0.39 is 5.41 Å². The summed E-state index contributed by atoms with van der Waals surface area (Å²) in [5.41, 5.74) is 3.24. The van der Waals surface area contributed by atoms with Crippen molar-refractivity contribution < 1.29 is 0 Å². The third-order valence-electron chi connectivity index (χ3n) is 3.56. The molecule has 0 saturated heterocycles.